The number of anilines is 2. The molecular weight excluding hydrogens is 385 g/mol. The number of nitrogens with one attached hydrogen (secondary N) is 2. The van der Waals surface area contributed by atoms with E-state index in [-0.39, 0.29) is 16.8 Å². The quantitative estimate of drug-likeness (QED) is 0.672. The number of carbonyl (C=O) groups excluding carboxylic acids is 1. The molecule has 3 aromatic heterocycles. The van der Waals surface area contributed by atoms with Crippen LogP contribution in [0.1, 0.15) is 30.0 Å². The number of piperidine rings is 1. The summed E-state index contributed by atoms with van der Waals surface area (Å²) in [7, 11) is 0. The second kappa shape index (κ2) is 6.73. The number of halogens is 1. The highest BCUT2D eigenvalue weighted by atomic mass is 19.1. The van der Waals surface area contributed by atoms with Crippen LogP contribution in [0, 0.1) is 24.1 Å². The Bertz CT molecular complexity index is 1130. The number of carbonyl (C=O) groups is 1. The fourth-order valence-electron chi connectivity index (χ4n) is 4.72. The van der Waals surface area contributed by atoms with Crippen molar-refractivity contribution < 1.29 is 9.18 Å². The molecule has 2 aliphatic rings. The zero-order chi connectivity index (χ0) is 21.0. The van der Waals surface area contributed by atoms with Gasteiger partial charge in [-0.1, -0.05) is 13.8 Å². The molecule has 2 N–H and O–H groups in total. The lowest BCUT2D eigenvalue weighted by Crippen LogP contribution is -2.34. The molecule has 2 fully saturated rings. The van der Waals surface area contributed by atoms with Crippen LogP contribution in [-0.2, 0) is 0 Å². The SMILES string of the molecule is CCN[C@H]1[C@H]2CN(c3cnc(C(=O)Nc4cc(F)c5nc(C)cn5c4)cn3)CC21C. The van der Waals surface area contributed by atoms with Crippen LogP contribution in [0.3, 0.4) is 0 Å². The van der Waals surface area contributed by atoms with Gasteiger partial charge in [0.05, 0.1) is 23.8 Å². The molecule has 4 heterocycles. The first-order valence-electron chi connectivity index (χ1n) is 10.2. The first-order valence-corrected chi connectivity index (χ1v) is 10.2. The smallest absolute Gasteiger partial charge is 0.275 e. The van der Waals surface area contributed by atoms with E-state index < -0.39 is 11.7 Å². The van der Waals surface area contributed by atoms with E-state index in [4.69, 9.17) is 0 Å². The number of amides is 1. The zero-order valence-electron chi connectivity index (χ0n) is 17.2. The number of aromatic nitrogens is 4. The Morgan fingerprint density at radius 2 is 2.17 bits per heavy atom. The van der Waals surface area contributed by atoms with Crippen molar-refractivity contribution in [3.8, 4) is 0 Å². The van der Waals surface area contributed by atoms with Gasteiger partial charge in [0, 0.05) is 48.9 Å². The second-order valence-electron chi connectivity index (χ2n) is 8.43. The van der Waals surface area contributed by atoms with Gasteiger partial charge in [-0.25, -0.2) is 19.3 Å². The van der Waals surface area contributed by atoms with Crippen LogP contribution >= 0.6 is 0 Å². The van der Waals surface area contributed by atoms with E-state index in [1.807, 2.05) is 0 Å². The molecule has 0 aromatic carbocycles. The molecule has 1 aliphatic heterocycles. The summed E-state index contributed by atoms with van der Waals surface area (Å²) in [6.07, 6.45) is 6.42. The van der Waals surface area contributed by atoms with E-state index in [9.17, 15) is 9.18 Å². The van der Waals surface area contributed by atoms with Gasteiger partial charge in [-0.15, -0.1) is 0 Å². The largest absolute Gasteiger partial charge is 0.354 e. The summed E-state index contributed by atoms with van der Waals surface area (Å²) in [5, 5.41) is 6.23. The van der Waals surface area contributed by atoms with Crippen LogP contribution in [-0.4, -0.2) is 50.9 Å². The Morgan fingerprint density at radius 1 is 1.33 bits per heavy atom. The Hall–Kier alpha value is -3.07. The Balaban J connectivity index is 1.27. The van der Waals surface area contributed by atoms with Crippen molar-refractivity contribution in [3.63, 3.8) is 0 Å². The normalized spacial score (nSPS) is 24.9. The summed E-state index contributed by atoms with van der Waals surface area (Å²) in [6, 6.07) is 1.83. The monoisotopic (exact) mass is 409 g/mol. The number of pyridine rings is 1. The third kappa shape index (κ3) is 3.00. The van der Waals surface area contributed by atoms with Crippen LogP contribution in [0.25, 0.3) is 5.65 Å². The molecule has 0 bridgehead atoms. The standard InChI is InChI=1S/C21H24FN7O/c1-4-23-18-14-10-29(11-21(14,18)3)17-7-24-16(6-25-17)20(30)27-13-5-15(22)19-26-12(2)8-28(19)9-13/h5-9,14,18,23H,4,10-11H2,1-3H3,(H,27,30)/t14-,18+,21?/m1/s1. The summed E-state index contributed by atoms with van der Waals surface area (Å²) < 4.78 is 15.8. The van der Waals surface area contributed by atoms with Crippen molar-refractivity contribution in [2.24, 2.45) is 11.3 Å². The number of nitrogens with zero attached hydrogens (tertiary/aromatic N) is 5. The van der Waals surface area contributed by atoms with E-state index >= 15 is 0 Å². The number of aryl methyl sites for hydroxylation is 1. The summed E-state index contributed by atoms with van der Waals surface area (Å²) in [5.74, 6) is 0.461. The van der Waals surface area contributed by atoms with Crippen molar-refractivity contribution in [3.05, 3.63) is 48.1 Å². The molecule has 5 rings (SSSR count). The van der Waals surface area contributed by atoms with Crippen molar-refractivity contribution >= 4 is 23.1 Å². The van der Waals surface area contributed by atoms with Crippen molar-refractivity contribution in [2.75, 3.05) is 29.9 Å². The molecule has 1 amide bonds. The third-order valence-corrected chi connectivity index (χ3v) is 6.30. The van der Waals surface area contributed by atoms with Crippen molar-refractivity contribution in [1.82, 2.24) is 24.7 Å². The van der Waals surface area contributed by atoms with Crippen LogP contribution in [0.4, 0.5) is 15.9 Å². The zero-order valence-corrected chi connectivity index (χ0v) is 17.2. The molecule has 9 heteroatoms. The van der Waals surface area contributed by atoms with Crippen LogP contribution in [0.15, 0.2) is 30.9 Å². The van der Waals surface area contributed by atoms with Crippen LogP contribution in [0.2, 0.25) is 0 Å². The van der Waals surface area contributed by atoms with Gasteiger partial charge >= 0.3 is 0 Å². The maximum Gasteiger partial charge on any atom is 0.275 e. The van der Waals surface area contributed by atoms with Crippen molar-refractivity contribution in [2.45, 2.75) is 26.8 Å². The summed E-state index contributed by atoms with van der Waals surface area (Å²) in [4.78, 5) is 27.6. The molecule has 1 saturated heterocycles. The lowest BCUT2D eigenvalue weighted by Gasteiger charge is -2.23. The summed E-state index contributed by atoms with van der Waals surface area (Å²) in [6.45, 7) is 9.08. The minimum atomic E-state index is -0.501. The Kier molecular flexibility index (Phi) is 4.25. The van der Waals surface area contributed by atoms with Crippen LogP contribution < -0.4 is 15.5 Å². The first kappa shape index (κ1) is 18.9. The lowest BCUT2D eigenvalue weighted by molar-refractivity contribution is 0.102. The van der Waals surface area contributed by atoms with Gasteiger partial charge in [-0.05, 0) is 13.5 Å². The highest BCUT2D eigenvalue weighted by Crippen LogP contribution is 2.57. The molecule has 3 aromatic rings. The average molecular weight is 409 g/mol. The maximum atomic E-state index is 14.2. The van der Waals surface area contributed by atoms with Gasteiger partial charge in [-0.3, -0.25) is 4.79 Å². The molecular formula is C21H24FN7O. The fourth-order valence-corrected chi connectivity index (χ4v) is 4.72. The van der Waals surface area contributed by atoms with E-state index in [2.05, 4.69) is 44.3 Å². The third-order valence-electron chi connectivity index (χ3n) is 6.30. The lowest BCUT2D eigenvalue weighted by atomic mass is 10.1. The van der Waals surface area contributed by atoms with Gasteiger partial charge in [0.1, 0.15) is 11.5 Å². The average Bonchev–Trinajstić information content (AvgIpc) is 3.01. The van der Waals surface area contributed by atoms with Crippen molar-refractivity contribution in [1.29, 1.82) is 0 Å². The number of imidazole rings is 1. The molecule has 8 nitrogen and oxygen atoms in total. The molecule has 156 valence electrons. The Morgan fingerprint density at radius 3 is 2.83 bits per heavy atom. The topological polar surface area (TPSA) is 87.5 Å². The predicted molar refractivity (Wildman–Crippen MR) is 111 cm³/mol. The second-order valence-corrected chi connectivity index (χ2v) is 8.43. The highest BCUT2D eigenvalue weighted by molar-refractivity contribution is 6.02. The van der Waals surface area contributed by atoms with Gasteiger partial charge in [0.15, 0.2) is 11.5 Å². The predicted octanol–water partition coefficient (Wildman–Crippen LogP) is 2.26. The molecule has 1 aliphatic carbocycles. The van der Waals surface area contributed by atoms with Crippen LogP contribution in [0.5, 0.6) is 0 Å². The number of hydrogen-bond donors (Lipinski definition) is 2. The minimum Gasteiger partial charge on any atom is -0.354 e. The highest BCUT2D eigenvalue weighted by Gasteiger charge is 2.65. The number of rotatable bonds is 5. The minimum absolute atomic E-state index is 0.183. The van der Waals surface area contributed by atoms with Gasteiger partial charge in [-0.2, -0.15) is 0 Å². The molecule has 1 saturated carbocycles. The van der Waals surface area contributed by atoms with Gasteiger partial charge in [0.2, 0.25) is 0 Å². The summed E-state index contributed by atoms with van der Waals surface area (Å²) in [5.41, 5.74) is 1.71. The maximum absolute atomic E-state index is 14.2. The fraction of sp³-hybridized carbons (Fsp3) is 0.429. The van der Waals surface area contributed by atoms with E-state index in [1.54, 1.807) is 29.9 Å². The number of hydrogen-bond acceptors (Lipinski definition) is 6. The summed E-state index contributed by atoms with van der Waals surface area (Å²) >= 11 is 0. The first-order chi connectivity index (χ1) is 14.4. The van der Waals surface area contributed by atoms with Gasteiger partial charge in [0.25, 0.3) is 5.91 Å². The molecule has 30 heavy (non-hydrogen) atoms. The van der Waals surface area contributed by atoms with Gasteiger partial charge < -0.3 is 19.9 Å². The molecule has 0 spiro atoms. The van der Waals surface area contributed by atoms with E-state index in [0.717, 1.165) is 25.5 Å². The molecule has 3 atom stereocenters. The van der Waals surface area contributed by atoms with E-state index in [1.165, 1.54) is 12.3 Å². The van der Waals surface area contributed by atoms with E-state index in [0.29, 0.717) is 23.3 Å². The molecule has 1 unspecified atom stereocenters. The number of fused-ring (bicyclic) bond motifs is 2. The molecule has 0 radical (unpaired) electrons. The Labute approximate surface area is 173 Å².